The maximum absolute atomic E-state index is 12.6. The monoisotopic (exact) mass is 349 g/mol. The summed E-state index contributed by atoms with van der Waals surface area (Å²) in [6.07, 6.45) is 0.833. The van der Waals surface area contributed by atoms with E-state index in [-0.39, 0.29) is 17.5 Å². The summed E-state index contributed by atoms with van der Waals surface area (Å²) in [5.74, 6) is -0.811. The largest absolute Gasteiger partial charge is 0.502 e. The predicted molar refractivity (Wildman–Crippen MR) is 91.5 cm³/mol. The van der Waals surface area contributed by atoms with Crippen LogP contribution in [-0.4, -0.2) is 32.9 Å². The molecule has 8 heteroatoms. The van der Waals surface area contributed by atoms with E-state index in [0.29, 0.717) is 0 Å². The average Bonchev–Trinajstić information content (AvgIpc) is 2.94. The third-order valence-electron chi connectivity index (χ3n) is 3.88. The number of hydrogen-bond acceptors (Lipinski definition) is 6. The molecule has 1 heterocycles. The van der Waals surface area contributed by atoms with Gasteiger partial charge in [-0.05, 0) is 32.4 Å². The zero-order valence-electron chi connectivity index (χ0n) is 13.9. The highest BCUT2D eigenvalue weighted by molar-refractivity contribution is 7.11. The number of phenols is 1. The van der Waals surface area contributed by atoms with Crippen molar-refractivity contribution in [1.82, 2.24) is 9.88 Å². The maximum Gasteiger partial charge on any atom is 0.311 e. The lowest BCUT2D eigenvalue weighted by Gasteiger charge is -2.24. The number of aryl methyl sites for hydroxylation is 2. The van der Waals surface area contributed by atoms with Gasteiger partial charge in [-0.1, -0.05) is 6.92 Å². The topological polar surface area (TPSA) is 96.6 Å². The van der Waals surface area contributed by atoms with Gasteiger partial charge in [0.25, 0.3) is 5.91 Å². The molecule has 0 radical (unpaired) electrons. The second-order valence-electron chi connectivity index (χ2n) is 5.46. The van der Waals surface area contributed by atoms with E-state index in [2.05, 4.69) is 4.98 Å². The molecule has 0 bridgehead atoms. The van der Waals surface area contributed by atoms with E-state index in [1.807, 2.05) is 20.8 Å². The number of thiazole rings is 1. The molecule has 0 fully saturated rings. The van der Waals surface area contributed by atoms with Gasteiger partial charge in [0.15, 0.2) is 5.75 Å². The van der Waals surface area contributed by atoms with Crippen LogP contribution in [0.25, 0.3) is 0 Å². The molecule has 0 aliphatic heterocycles. The number of nitrogens with zero attached hydrogens (tertiary/aromatic N) is 3. The minimum atomic E-state index is -0.712. The van der Waals surface area contributed by atoms with Crippen LogP contribution in [0.2, 0.25) is 0 Å². The number of phenolic OH excluding ortho intramolecular Hbond substituents is 1. The fraction of sp³-hybridized carbons (Fsp3) is 0.375. The minimum Gasteiger partial charge on any atom is -0.502 e. The molecule has 1 aromatic heterocycles. The van der Waals surface area contributed by atoms with Crippen molar-refractivity contribution in [1.29, 1.82) is 0 Å². The molecule has 0 saturated carbocycles. The third kappa shape index (κ3) is 3.38. The number of nitro groups is 1. The SMILES string of the molecule is CCc1nc(C)c(C(C)N(C)C(=O)c2ccc(O)c([N+](=O)[O-])c2)s1. The summed E-state index contributed by atoms with van der Waals surface area (Å²) in [7, 11) is 1.65. The molecular formula is C16H19N3O4S. The average molecular weight is 349 g/mol. The van der Waals surface area contributed by atoms with Gasteiger partial charge < -0.3 is 10.0 Å². The quantitative estimate of drug-likeness (QED) is 0.658. The van der Waals surface area contributed by atoms with E-state index >= 15 is 0 Å². The molecule has 1 aromatic carbocycles. The molecule has 7 nitrogen and oxygen atoms in total. The van der Waals surface area contributed by atoms with Crippen LogP contribution in [0.3, 0.4) is 0 Å². The molecule has 1 N–H and O–H groups in total. The summed E-state index contributed by atoms with van der Waals surface area (Å²) in [5.41, 5.74) is 0.566. The number of hydrogen-bond donors (Lipinski definition) is 1. The highest BCUT2D eigenvalue weighted by Gasteiger charge is 2.25. The number of benzene rings is 1. The Bertz CT molecular complexity index is 788. The van der Waals surface area contributed by atoms with Crippen LogP contribution in [0.5, 0.6) is 5.75 Å². The molecule has 0 aliphatic rings. The van der Waals surface area contributed by atoms with Crippen LogP contribution in [0, 0.1) is 17.0 Å². The number of carbonyl (C=O) groups is 1. The first-order valence-electron chi connectivity index (χ1n) is 7.47. The summed E-state index contributed by atoms with van der Waals surface area (Å²) in [6, 6.07) is 3.43. The van der Waals surface area contributed by atoms with Gasteiger partial charge in [-0.2, -0.15) is 0 Å². The molecule has 24 heavy (non-hydrogen) atoms. The molecule has 1 atom stereocenters. The van der Waals surface area contributed by atoms with Crippen LogP contribution in [0.15, 0.2) is 18.2 Å². The fourth-order valence-corrected chi connectivity index (χ4v) is 3.47. The van der Waals surface area contributed by atoms with E-state index < -0.39 is 16.4 Å². The third-order valence-corrected chi connectivity index (χ3v) is 5.35. The summed E-state index contributed by atoms with van der Waals surface area (Å²) in [6.45, 7) is 5.83. The first-order valence-corrected chi connectivity index (χ1v) is 8.28. The van der Waals surface area contributed by atoms with E-state index in [1.165, 1.54) is 11.0 Å². The Morgan fingerprint density at radius 3 is 2.71 bits per heavy atom. The Labute approximate surface area is 143 Å². The van der Waals surface area contributed by atoms with Crippen LogP contribution in [-0.2, 0) is 6.42 Å². The molecule has 2 aromatic rings. The number of carbonyl (C=O) groups excluding carboxylic acids is 1. The fourth-order valence-electron chi connectivity index (χ4n) is 2.36. The van der Waals surface area contributed by atoms with Crippen molar-refractivity contribution in [2.75, 3.05) is 7.05 Å². The van der Waals surface area contributed by atoms with Crippen LogP contribution in [0.4, 0.5) is 5.69 Å². The molecule has 1 unspecified atom stereocenters. The Balaban J connectivity index is 2.30. The van der Waals surface area contributed by atoms with Gasteiger partial charge >= 0.3 is 5.69 Å². The van der Waals surface area contributed by atoms with E-state index in [4.69, 9.17) is 0 Å². The van der Waals surface area contributed by atoms with Crippen molar-refractivity contribution in [3.8, 4) is 5.75 Å². The predicted octanol–water partition coefficient (Wildman–Crippen LogP) is 3.46. The van der Waals surface area contributed by atoms with E-state index in [9.17, 15) is 20.0 Å². The Morgan fingerprint density at radius 2 is 2.17 bits per heavy atom. The van der Waals surface area contributed by atoms with Gasteiger partial charge in [0.1, 0.15) is 0 Å². The van der Waals surface area contributed by atoms with Crippen molar-refractivity contribution in [2.45, 2.75) is 33.2 Å². The lowest BCUT2D eigenvalue weighted by molar-refractivity contribution is -0.385. The van der Waals surface area contributed by atoms with Crippen LogP contribution >= 0.6 is 11.3 Å². The van der Waals surface area contributed by atoms with Crippen molar-refractivity contribution in [3.63, 3.8) is 0 Å². The van der Waals surface area contributed by atoms with Gasteiger partial charge in [0, 0.05) is 23.6 Å². The molecule has 2 rings (SSSR count). The first-order chi connectivity index (χ1) is 11.3. The Hall–Kier alpha value is -2.48. The Kier molecular flexibility index (Phi) is 5.18. The number of aromatic nitrogens is 1. The van der Waals surface area contributed by atoms with Gasteiger partial charge in [-0.25, -0.2) is 4.98 Å². The summed E-state index contributed by atoms with van der Waals surface area (Å²) < 4.78 is 0. The second-order valence-corrected chi connectivity index (χ2v) is 6.58. The number of amides is 1. The molecule has 0 spiro atoms. The van der Waals surface area contributed by atoms with Crippen molar-refractivity contribution in [2.24, 2.45) is 0 Å². The number of aromatic hydroxyl groups is 1. The van der Waals surface area contributed by atoms with Crippen molar-refractivity contribution < 1.29 is 14.8 Å². The molecule has 1 amide bonds. The molecule has 128 valence electrons. The van der Waals surface area contributed by atoms with Crippen molar-refractivity contribution in [3.05, 3.63) is 49.5 Å². The minimum absolute atomic E-state index is 0.159. The van der Waals surface area contributed by atoms with Crippen molar-refractivity contribution >= 4 is 22.9 Å². The van der Waals surface area contributed by atoms with Crippen LogP contribution in [0.1, 0.15) is 45.8 Å². The summed E-state index contributed by atoms with van der Waals surface area (Å²) >= 11 is 1.57. The van der Waals surface area contributed by atoms with Gasteiger partial charge in [-0.15, -0.1) is 11.3 Å². The van der Waals surface area contributed by atoms with E-state index in [0.717, 1.165) is 34.1 Å². The van der Waals surface area contributed by atoms with E-state index in [1.54, 1.807) is 18.4 Å². The Morgan fingerprint density at radius 1 is 1.50 bits per heavy atom. The zero-order chi connectivity index (χ0) is 18.0. The molecular weight excluding hydrogens is 330 g/mol. The highest BCUT2D eigenvalue weighted by atomic mass is 32.1. The lowest BCUT2D eigenvalue weighted by atomic mass is 10.1. The van der Waals surface area contributed by atoms with Gasteiger partial charge in [0.05, 0.1) is 21.7 Å². The molecule has 0 saturated heterocycles. The smallest absolute Gasteiger partial charge is 0.311 e. The lowest BCUT2D eigenvalue weighted by Crippen LogP contribution is -2.29. The number of rotatable bonds is 5. The molecule has 0 aliphatic carbocycles. The maximum atomic E-state index is 12.6. The summed E-state index contributed by atoms with van der Waals surface area (Å²) in [4.78, 5) is 29.8. The number of nitro benzene ring substituents is 1. The first kappa shape index (κ1) is 17.9. The van der Waals surface area contributed by atoms with Gasteiger partial charge in [0.2, 0.25) is 0 Å². The normalized spacial score (nSPS) is 12.0. The van der Waals surface area contributed by atoms with Gasteiger partial charge in [-0.3, -0.25) is 14.9 Å². The highest BCUT2D eigenvalue weighted by Crippen LogP contribution is 2.31. The standard InChI is InChI=1S/C16H19N3O4S/c1-5-14-17-9(2)15(24-14)10(3)18(4)16(21)11-6-7-13(20)12(8-11)19(22)23/h6-8,10,20H,5H2,1-4H3. The zero-order valence-corrected chi connectivity index (χ0v) is 14.8. The van der Waals surface area contributed by atoms with Crippen LogP contribution < -0.4 is 0 Å². The summed E-state index contributed by atoms with van der Waals surface area (Å²) in [5, 5.41) is 21.4. The second kappa shape index (κ2) is 6.96.